The Labute approximate surface area is 159 Å². The van der Waals surface area contributed by atoms with Gasteiger partial charge in [0.25, 0.3) is 0 Å². The molecule has 4 nitrogen and oxygen atoms in total. The molecule has 136 valence electrons. The lowest BCUT2D eigenvalue weighted by atomic mass is 10.2. The highest BCUT2D eigenvalue weighted by Crippen LogP contribution is 2.34. The predicted molar refractivity (Wildman–Crippen MR) is 104 cm³/mol. The minimum absolute atomic E-state index is 0.537. The van der Waals surface area contributed by atoms with Gasteiger partial charge in [-0.2, -0.15) is 0 Å². The summed E-state index contributed by atoms with van der Waals surface area (Å²) in [5.41, 5.74) is 1.80. The molecular weight excluding hydrogens is 361 g/mol. The Balaban J connectivity index is 2.15. The summed E-state index contributed by atoms with van der Waals surface area (Å²) in [5.74, 6) is 2.01. The monoisotopic (exact) mass is 383 g/mol. The van der Waals surface area contributed by atoms with Gasteiger partial charge in [-0.1, -0.05) is 30.1 Å². The van der Waals surface area contributed by atoms with Gasteiger partial charge >= 0.3 is 0 Å². The zero-order valence-corrected chi connectivity index (χ0v) is 16.2. The third-order valence-electron chi connectivity index (χ3n) is 3.51. The van der Waals surface area contributed by atoms with Crippen molar-refractivity contribution < 1.29 is 14.2 Å². The summed E-state index contributed by atoms with van der Waals surface area (Å²) >= 11 is 12.6. The number of hydrogen-bond acceptors (Lipinski definition) is 4. The number of nitrogens with one attached hydrogen (secondary N) is 1. The molecule has 0 saturated heterocycles. The van der Waals surface area contributed by atoms with E-state index in [0.29, 0.717) is 47.1 Å². The van der Waals surface area contributed by atoms with Crippen molar-refractivity contribution in [2.24, 2.45) is 0 Å². The van der Waals surface area contributed by atoms with Crippen LogP contribution in [0.25, 0.3) is 0 Å². The molecule has 0 aliphatic heterocycles. The van der Waals surface area contributed by atoms with E-state index in [4.69, 9.17) is 37.4 Å². The van der Waals surface area contributed by atoms with E-state index in [1.54, 1.807) is 13.2 Å². The summed E-state index contributed by atoms with van der Waals surface area (Å²) in [6.07, 6.45) is 0.921. The fraction of sp³-hybridized carbons (Fsp3) is 0.368. The van der Waals surface area contributed by atoms with E-state index in [2.05, 4.69) is 12.2 Å². The number of ether oxygens (including phenoxy) is 3. The number of anilines is 1. The van der Waals surface area contributed by atoms with Crippen LogP contribution >= 0.6 is 23.2 Å². The maximum absolute atomic E-state index is 6.40. The quantitative estimate of drug-likeness (QED) is 0.593. The molecule has 0 heterocycles. The Bertz CT molecular complexity index is 707. The standard InChI is InChI=1S/C19H23Cl2NO3/c1-4-8-25-19-11-15(20)13(9-18(19)24-5-2)12-22-14-6-7-17(23-3)16(21)10-14/h6-7,9-11,22H,4-5,8,12H2,1-3H3. The molecule has 0 fully saturated rings. The molecule has 2 aromatic rings. The molecule has 2 aromatic carbocycles. The Morgan fingerprint density at radius 1 is 0.920 bits per heavy atom. The van der Waals surface area contributed by atoms with Gasteiger partial charge in [0.15, 0.2) is 11.5 Å². The first-order valence-electron chi connectivity index (χ1n) is 8.24. The van der Waals surface area contributed by atoms with Crippen molar-refractivity contribution in [3.8, 4) is 17.2 Å². The smallest absolute Gasteiger partial charge is 0.162 e. The molecule has 0 aliphatic rings. The molecule has 1 N–H and O–H groups in total. The summed E-state index contributed by atoms with van der Waals surface area (Å²) < 4.78 is 16.6. The summed E-state index contributed by atoms with van der Waals surface area (Å²) in [6.45, 7) is 5.72. The zero-order chi connectivity index (χ0) is 18.2. The van der Waals surface area contributed by atoms with Gasteiger partial charge in [-0.05, 0) is 43.2 Å². The molecule has 0 saturated carbocycles. The lowest BCUT2D eigenvalue weighted by Gasteiger charge is -2.15. The van der Waals surface area contributed by atoms with Gasteiger partial charge in [0.1, 0.15) is 5.75 Å². The van der Waals surface area contributed by atoms with Crippen molar-refractivity contribution in [3.05, 3.63) is 45.9 Å². The molecule has 0 radical (unpaired) electrons. The minimum Gasteiger partial charge on any atom is -0.495 e. The van der Waals surface area contributed by atoms with Crippen LogP contribution in [0, 0.1) is 0 Å². The molecule has 6 heteroatoms. The van der Waals surface area contributed by atoms with Crippen molar-refractivity contribution in [3.63, 3.8) is 0 Å². The average Bonchev–Trinajstić information content (AvgIpc) is 2.60. The lowest BCUT2D eigenvalue weighted by molar-refractivity contribution is 0.276. The van der Waals surface area contributed by atoms with E-state index < -0.39 is 0 Å². The van der Waals surface area contributed by atoms with Crippen LogP contribution in [-0.2, 0) is 6.54 Å². The topological polar surface area (TPSA) is 39.7 Å². The largest absolute Gasteiger partial charge is 0.495 e. The first-order chi connectivity index (χ1) is 12.1. The van der Waals surface area contributed by atoms with Crippen LogP contribution in [0.4, 0.5) is 5.69 Å². The van der Waals surface area contributed by atoms with Gasteiger partial charge in [-0.25, -0.2) is 0 Å². The van der Waals surface area contributed by atoms with Crippen molar-refractivity contribution in [1.29, 1.82) is 0 Å². The molecule has 2 rings (SSSR count). The van der Waals surface area contributed by atoms with Gasteiger partial charge in [-0.15, -0.1) is 0 Å². The Hall–Kier alpha value is -1.78. The molecule has 0 spiro atoms. The van der Waals surface area contributed by atoms with Crippen LogP contribution in [-0.4, -0.2) is 20.3 Å². The van der Waals surface area contributed by atoms with E-state index >= 15 is 0 Å². The average molecular weight is 384 g/mol. The lowest BCUT2D eigenvalue weighted by Crippen LogP contribution is -2.04. The van der Waals surface area contributed by atoms with Crippen LogP contribution < -0.4 is 19.5 Å². The number of hydrogen-bond donors (Lipinski definition) is 1. The van der Waals surface area contributed by atoms with Gasteiger partial charge in [0.2, 0.25) is 0 Å². The minimum atomic E-state index is 0.537. The van der Waals surface area contributed by atoms with Crippen LogP contribution in [0.2, 0.25) is 10.0 Å². The summed E-state index contributed by atoms with van der Waals surface area (Å²) in [4.78, 5) is 0. The molecule has 0 amide bonds. The summed E-state index contributed by atoms with van der Waals surface area (Å²) in [5, 5.41) is 4.48. The van der Waals surface area contributed by atoms with E-state index in [1.807, 2.05) is 31.2 Å². The Morgan fingerprint density at radius 3 is 2.32 bits per heavy atom. The van der Waals surface area contributed by atoms with Crippen molar-refractivity contribution >= 4 is 28.9 Å². The normalized spacial score (nSPS) is 10.4. The molecular formula is C19H23Cl2NO3. The van der Waals surface area contributed by atoms with Gasteiger partial charge in [-0.3, -0.25) is 0 Å². The van der Waals surface area contributed by atoms with E-state index in [1.165, 1.54) is 0 Å². The first-order valence-corrected chi connectivity index (χ1v) is 9.00. The maximum Gasteiger partial charge on any atom is 0.162 e. The molecule has 0 bridgehead atoms. The number of rotatable bonds is 9. The van der Waals surface area contributed by atoms with Crippen molar-refractivity contribution in [2.75, 3.05) is 25.6 Å². The van der Waals surface area contributed by atoms with E-state index in [-0.39, 0.29) is 0 Å². The molecule has 0 atom stereocenters. The molecule has 0 unspecified atom stereocenters. The fourth-order valence-corrected chi connectivity index (χ4v) is 2.76. The van der Waals surface area contributed by atoms with Gasteiger partial charge < -0.3 is 19.5 Å². The zero-order valence-electron chi connectivity index (χ0n) is 14.7. The third-order valence-corrected chi connectivity index (χ3v) is 4.16. The summed E-state index contributed by atoms with van der Waals surface area (Å²) in [6, 6.07) is 9.26. The van der Waals surface area contributed by atoms with Gasteiger partial charge in [0, 0.05) is 23.3 Å². The second-order valence-corrected chi connectivity index (χ2v) is 6.19. The Kier molecular flexibility index (Phi) is 7.53. The highest BCUT2D eigenvalue weighted by Gasteiger charge is 2.11. The van der Waals surface area contributed by atoms with Gasteiger partial charge in [0.05, 0.1) is 25.3 Å². The maximum atomic E-state index is 6.40. The second kappa shape index (κ2) is 9.64. The highest BCUT2D eigenvalue weighted by atomic mass is 35.5. The van der Waals surface area contributed by atoms with E-state index in [0.717, 1.165) is 17.7 Å². The third kappa shape index (κ3) is 5.35. The summed E-state index contributed by atoms with van der Waals surface area (Å²) in [7, 11) is 1.59. The van der Waals surface area contributed by atoms with Crippen LogP contribution in [0.5, 0.6) is 17.2 Å². The molecule has 0 aliphatic carbocycles. The number of benzene rings is 2. The number of halogens is 2. The second-order valence-electron chi connectivity index (χ2n) is 5.37. The van der Waals surface area contributed by atoms with Crippen molar-refractivity contribution in [2.45, 2.75) is 26.8 Å². The van der Waals surface area contributed by atoms with Crippen LogP contribution in [0.3, 0.4) is 0 Å². The van der Waals surface area contributed by atoms with E-state index in [9.17, 15) is 0 Å². The fourth-order valence-electron chi connectivity index (χ4n) is 2.28. The van der Waals surface area contributed by atoms with Crippen LogP contribution in [0.1, 0.15) is 25.8 Å². The van der Waals surface area contributed by atoms with Crippen molar-refractivity contribution in [1.82, 2.24) is 0 Å². The Morgan fingerprint density at radius 2 is 1.68 bits per heavy atom. The van der Waals surface area contributed by atoms with Crippen LogP contribution in [0.15, 0.2) is 30.3 Å². The number of methoxy groups -OCH3 is 1. The molecule has 25 heavy (non-hydrogen) atoms. The molecule has 0 aromatic heterocycles. The highest BCUT2D eigenvalue weighted by molar-refractivity contribution is 6.32. The predicted octanol–water partition coefficient (Wildman–Crippen LogP) is 5.80. The SMILES string of the molecule is CCCOc1cc(Cl)c(CNc2ccc(OC)c(Cl)c2)cc1OCC. The first kappa shape index (κ1) is 19.5.